The maximum absolute atomic E-state index is 5.37. The SMILES string of the molecule is CCNc1nc(CC)nc(Nc2ccccc2OC)c1C. The first-order chi connectivity index (χ1) is 10.2. The van der Waals surface area contributed by atoms with Crippen LogP contribution >= 0.6 is 0 Å². The van der Waals surface area contributed by atoms with Crippen molar-refractivity contribution in [3.8, 4) is 5.75 Å². The summed E-state index contributed by atoms with van der Waals surface area (Å²) in [5.74, 6) is 3.29. The molecule has 0 amide bonds. The molecule has 1 heterocycles. The van der Waals surface area contributed by atoms with Gasteiger partial charge in [-0.1, -0.05) is 19.1 Å². The molecule has 0 fully saturated rings. The Morgan fingerprint density at radius 1 is 1.10 bits per heavy atom. The van der Waals surface area contributed by atoms with Crippen LogP contribution in [0, 0.1) is 6.92 Å². The van der Waals surface area contributed by atoms with Gasteiger partial charge >= 0.3 is 0 Å². The molecule has 0 saturated heterocycles. The van der Waals surface area contributed by atoms with Crippen molar-refractivity contribution in [2.75, 3.05) is 24.3 Å². The Hall–Kier alpha value is -2.30. The van der Waals surface area contributed by atoms with Gasteiger partial charge in [0.1, 0.15) is 23.2 Å². The van der Waals surface area contributed by atoms with Crippen molar-refractivity contribution < 1.29 is 4.74 Å². The second kappa shape index (κ2) is 6.92. The molecule has 1 aromatic carbocycles. The van der Waals surface area contributed by atoms with Crippen molar-refractivity contribution in [1.29, 1.82) is 0 Å². The normalized spacial score (nSPS) is 10.3. The Balaban J connectivity index is 2.40. The first-order valence-corrected chi connectivity index (χ1v) is 7.21. The monoisotopic (exact) mass is 286 g/mol. The van der Waals surface area contributed by atoms with Gasteiger partial charge < -0.3 is 15.4 Å². The summed E-state index contributed by atoms with van der Waals surface area (Å²) in [7, 11) is 1.66. The number of aryl methyl sites for hydroxylation is 1. The molecule has 0 aliphatic heterocycles. The minimum Gasteiger partial charge on any atom is -0.495 e. The molecular weight excluding hydrogens is 264 g/mol. The lowest BCUT2D eigenvalue weighted by atomic mass is 10.2. The number of methoxy groups -OCH3 is 1. The van der Waals surface area contributed by atoms with E-state index < -0.39 is 0 Å². The molecule has 2 aromatic rings. The van der Waals surface area contributed by atoms with Gasteiger partial charge in [-0.15, -0.1) is 0 Å². The third-order valence-electron chi connectivity index (χ3n) is 3.21. The van der Waals surface area contributed by atoms with Crippen molar-refractivity contribution in [2.45, 2.75) is 27.2 Å². The van der Waals surface area contributed by atoms with Gasteiger partial charge in [0.2, 0.25) is 0 Å². The van der Waals surface area contributed by atoms with Gasteiger partial charge in [-0.05, 0) is 26.0 Å². The van der Waals surface area contributed by atoms with Crippen molar-refractivity contribution in [3.63, 3.8) is 0 Å². The maximum Gasteiger partial charge on any atom is 0.142 e. The molecule has 1 aromatic heterocycles. The number of para-hydroxylation sites is 2. The number of hydrogen-bond donors (Lipinski definition) is 2. The minimum atomic E-state index is 0.790. The van der Waals surface area contributed by atoms with Crippen LogP contribution in [0.4, 0.5) is 17.3 Å². The maximum atomic E-state index is 5.37. The highest BCUT2D eigenvalue weighted by Crippen LogP contribution is 2.29. The highest BCUT2D eigenvalue weighted by Gasteiger charge is 2.11. The summed E-state index contributed by atoms with van der Waals surface area (Å²) in [6.07, 6.45) is 0.791. The lowest BCUT2D eigenvalue weighted by Crippen LogP contribution is -2.09. The van der Waals surface area contributed by atoms with Crippen LogP contribution in [0.5, 0.6) is 5.75 Å². The zero-order valence-electron chi connectivity index (χ0n) is 13.0. The van der Waals surface area contributed by atoms with E-state index in [9.17, 15) is 0 Å². The molecule has 0 bridgehead atoms. The summed E-state index contributed by atoms with van der Waals surface area (Å²) in [5.41, 5.74) is 1.89. The van der Waals surface area contributed by atoms with Crippen LogP contribution in [-0.2, 0) is 6.42 Å². The van der Waals surface area contributed by atoms with E-state index in [2.05, 4.69) is 27.5 Å². The van der Waals surface area contributed by atoms with Gasteiger partial charge in [-0.2, -0.15) is 0 Å². The molecule has 0 saturated carbocycles. The molecule has 0 aliphatic rings. The quantitative estimate of drug-likeness (QED) is 0.850. The number of nitrogens with zero attached hydrogens (tertiary/aromatic N) is 2. The van der Waals surface area contributed by atoms with Crippen LogP contribution in [0.3, 0.4) is 0 Å². The average Bonchev–Trinajstić information content (AvgIpc) is 2.51. The first kappa shape index (κ1) is 15.1. The van der Waals surface area contributed by atoms with E-state index in [0.29, 0.717) is 0 Å². The van der Waals surface area contributed by atoms with Gasteiger partial charge in [0.15, 0.2) is 0 Å². The lowest BCUT2D eigenvalue weighted by Gasteiger charge is -2.15. The van der Waals surface area contributed by atoms with E-state index in [-0.39, 0.29) is 0 Å². The Kier molecular flexibility index (Phi) is 4.98. The lowest BCUT2D eigenvalue weighted by molar-refractivity contribution is 0.417. The first-order valence-electron chi connectivity index (χ1n) is 7.21. The number of hydrogen-bond acceptors (Lipinski definition) is 5. The zero-order valence-corrected chi connectivity index (χ0v) is 13.0. The number of nitrogens with one attached hydrogen (secondary N) is 2. The van der Waals surface area contributed by atoms with E-state index >= 15 is 0 Å². The van der Waals surface area contributed by atoms with Crippen molar-refractivity contribution in [2.24, 2.45) is 0 Å². The largest absolute Gasteiger partial charge is 0.495 e. The molecule has 0 unspecified atom stereocenters. The average molecular weight is 286 g/mol. The molecule has 2 rings (SSSR count). The van der Waals surface area contributed by atoms with Crippen LogP contribution in [0.2, 0.25) is 0 Å². The predicted octanol–water partition coefficient (Wildman–Crippen LogP) is 3.53. The van der Waals surface area contributed by atoms with Crippen molar-refractivity contribution in [3.05, 3.63) is 35.7 Å². The van der Waals surface area contributed by atoms with E-state index in [1.54, 1.807) is 7.11 Å². The standard InChI is InChI=1S/C16H22N4O/c1-5-14-19-15(17-6-2)11(3)16(20-14)18-12-9-7-8-10-13(12)21-4/h7-10H,5-6H2,1-4H3,(H2,17,18,19,20). The summed E-state index contributed by atoms with van der Waals surface area (Å²) < 4.78 is 5.37. The summed E-state index contributed by atoms with van der Waals surface area (Å²) in [6, 6.07) is 7.80. The third-order valence-corrected chi connectivity index (χ3v) is 3.21. The minimum absolute atomic E-state index is 0.790. The molecule has 5 nitrogen and oxygen atoms in total. The van der Waals surface area contributed by atoms with Gasteiger partial charge in [0, 0.05) is 18.5 Å². The van der Waals surface area contributed by atoms with Gasteiger partial charge in [0.25, 0.3) is 0 Å². The number of rotatable bonds is 6. The number of anilines is 3. The van der Waals surface area contributed by atoms with Crippen LogP contribution in [0.25, 0.3) is 0 Å². The molecule has 21 heavy (non-hydrogen) atoms. The highest BCUT2D eigenvalue weighted by atomic mass is 16.5. The molecular formula is C16H22N4O. The van der Waals surface area contributed by atoms with Crippen LogP contribution in [-0.4, -0.2) is 23.6 Å². The molecule has 5 heteroatoms. The second-order valence-corrected chi connectivity index (χ2v) is 4.67. The fraction of sp³-hybridized carbons (Fsp3) is 0.375. The number of ether oxygens (including phenoxy) is 1. The fourth-order valence-corrected chi connectivity index (χ4v) is 2.06. The second-order valence-electron chi connectivity index (χ2n) is 4.67. The summed E-state index contributed by atoms with van der Waals surface area (Å²) in [6.45, 7) is 6.94. The van der Waals surface area contributed by atoms with E-state index in [1.165, 1.54) is 0 Å². The smallest absolute Gasteiger partial charge is 0.142 e. The van der Waals surface area contributed by atoms with Crippen LogP contribution in [0.15, 0.2) is 24.3 Å². The molecule has 0 aliphatic carbocycles. The summed E-state index contributed by atoms with van der Waals surface area (Å²) in [5, 5.41) is 6.63. The Morgan fingerprint density at radius 2 is 1.81 bits per heavy atom. The molecule has 2 N–H and O–H groups in total. The van der Waals surface area contributed by atoms with Gasteiger partial charge in [-0.25, -0.2) is 9.97 Å². The Morgan fingerprint density at radius 3 is 2.48 bits per heavy atom. The van der Waals surface area contributed by atoms with Crippen molar-refractivity contribution >= 4 is 17.3 Å². The fourth-order valence-electron chi connectivity index (χ4n) is 2.06. The summed E-state index contributed by atoms with van der Waals surface area (Å²) >= 11 is 0. The van der Waals surface area contributed by atoms with E-state index in [1.807, 2.05) is 38.1 Å². The predicted molar refractivity (Wildman–Crippen MR) is 86.6 cm³/mol. The number of benzene rings is 1. The molecule has 0 spiro atoms. The van der Waals surface area contributed by atoms with Crippen LogP contribution in [0.1, 0.15) is 25.2 Å². The van der Waals surface area contributed by atoms with Gasteiger partial charge in [-0.3, -0.25) is 0 Å². The zero-order chi connectivity index (χ0) is 15.2. The molecule has 0 atom stereocenters. The van der Waals surface area contributed by atoms with E-state index in [0.717, 1.165) is 47.4 Å². The summed E-state index contributed by atoms with van der Waals surface area (Å²) in [4.78, 5) is 9.12. The topological polar surface area (TPSA) is 59.1 Å². The molecule has 112 valence electrons. The highest BCUT2D eigenvalue weighted by molar-refractivity contribution is 5.69. The third kappa shape index (κ3) is 3.42. The Labute approximate surface area is 125 Å². The molecule has 0 radical (unpaired) electrons. The number of aromatic nitrogens is 2. The van der Waals surface area contributed by atoms with Crippen LogP contribution < -0.4 is 15.4 Å². The Bertz CT molecular complexity index is 613. The van der Waals surface area contributed by atoms with E-state index in [4.69, 9.17) is 4.74 Å². The van der Waals surface area contributed by atoms with Gasteiger partial charge in [0.05, 0.1) is 12.8 Å². The van der Waals surface area contributed by atoms with Crippen molar-refractivity contribution in [1.82, 2.24) is 9.97 Å².